The molecule has 4 nitrogen and oxygen atoms in total. The molecule has 0 radical (unpaired) electrons. The summed E-state index contributed by atoms with van der Waals surface area (Å²) in [4.78, 5) is 23.6. The van der Waals surface area contributed by atoms with E-state index in [1.165, 1.54) is 7.11 Å². The highest BCUT2D eigenvalue weighted by Crippen LogP contribution is 2.25. The number of nitrogens with one attached hydrogen (secondary N) is 1. The second-order valence-electron chi connectivity index (χ2n) is 5.27. The standard InChI is InChI=1S/C17H19NO3/c1-3-12-4-6-13(7-5-12)16(19)18-15-10-8-14(9-11-15)17(20)21-2/h1,4-7,14-15H,8-11H2,2H3,(H,18,19). The summed E-state index contributed by atoms with van der Waals surface area (Å²) in [5.41, 5.74) is 1.36. The summed E-state index contributed by atoms with van der Waals surface area (Å²) in [7, 11) is 1.41. The molecule has 0 unspecified atom stereocenters. The topological polar surface area (TPSA) is 55.4 Å². The van der Waals surface area contributed by atoms with Crippen LogP contribution in [0.2, 0.25) is 0 Å². The van der Waals surface area contributed by atoms with Gasteiger partial charge in [0.15, 0.2) is 0 Å². The number of hydrogen-bond acceptors (Lipinski definition) is 3. The van der Waals surface area contributed by atoms with E-state index in [2.05, 4.69) is 11.2 Å². The van der Waals surface area contributed by atoms with E-state index in [4.69, 9.17) is 11.2 Å². The number of methoxy groups -OCH3 is 1. The lowest BCUT2D eigenvalue weighted by atomic mass is 9.86. The number of benzene rings is 1. The Hall–Kier alpha value is -2.28. The Morgan fingerprint density at radius 1 is 1.19 bits per heavy atom. The van der Waals surface area contributed by atoms with Gasteiger partial charge in [-0.1, -0.05) is 5.92 Å². The van der Waals surface area contributed by atoms with Crippen molar-refractivity contribution in [3.8, 4) is 12.3 Å². The highest BCUT2D eigenvalue weighted by atomic mass is 16.5. The van der Waals surface area contributed by atoms with Crippen molar-refractivity contribution in [3.63, 3.8) is 0 Å². The van der Waals surface area contributed by atoms with Gasteiger partial charge in [0, 0.05) is 17.2 Å². The zero-order valence-electron chi connectivity index (χ0n) is 12.1. The molecule has 110 valence electrons. The largest absolute Gasteiger partial charge is 0.469 e. The van der Waals surface area contributed by atoms with Gasteiger partial charge < -0.3 is 10.1 Å². The molecule has 21 heavy (non-hydrogen) atoms. The Kier molecular flexibility index (Phi) is 4.99. The molecule has 0 spiro atoms. The first-order valence-electron chi connectivity index (χ1n) is 7.09. The van der Waals surface area contributed by atoms with Crippen LogP contribution < -0.4 is 5.32 Å². The van der Waals surface area contributed by atoms with E-state index in [0.717, 1.165) is 31.2 Å². The van der Waals surface area contributed by atoms with Gasteiger partial charge in [-0.15, -0.1) is 6.42 Å². The van der Waals surface area contributed by atoms with Gasteiger partial charge in [0.1, 0.15) is 0 Å². The Balaban J connectivity index is 1.86. The van der Waals surface area contributed by atoms with Gasteiger partial charge >= 0.3 is 5.97 Å². The Bertz CT molecular complexity index is 548. The molecule has 1 saturated carbocycles. The van der Waals surface area contributed by atoms with Gasteiger partial charge in [0.2, 0.25) is 0 Å². The van der Waals surface area contributed by atoms with Crippen LogP contribution in [0, 0.1) is 18.3 Å². The summed E-state index contributed by atoms with van der Waals surface area (Å²) < 4.78 is 4.75. The van der Waals surface area contributed by atoms with E-state index in [0.29, 0.717) is 5.56 Å². The van der Waals surface area contributed by atoms with Gasteiger partial charge in [-0.25, -0.2) is 0 Å². The number of carbonyl (C=O) groups is 2. The lowest BCUT2D eigenvalue weighted by Crippen LogP contribution is -2.38. The number of ether oxygens (including phenoxy) is 1. The van der Waals surface area contributed by atoms with Crippen LogP contribution in [0.3, 0.4) is 0 Å². The van der Waals surface area contributed by atoms with Gasteiger partial charge in [-0.05, 0) is 49.9 Å². The number of hydrogen-bond donors (Lipinski definition) is 1. The van der Waals surface area contributed by atoms with Crippen molar-refractivity contribution >= 4 is 11.9 Å². The molecule has 0 bridgehead atoms. The fourth-order valence-electron chi connectivity index (χ4n) is 2.63. The molecule has 0 atom stereocenters. The molecular formula is C17H19NO3. The zero-order valence-corrected chi connectivity index (χ0v) is 12.1. The first kappa shape index (κ1) is 15.1. The van der Waals surface area contributed by atoms with Gasteiger partial charge in [0.05, 0.1) is 13.0 Å². The summed E-state index contributed by atoms with van der Waals surface area (Å²) in [6, 6.07) is 7.08. The zero-order chi connectivity index (χ0) is 15.2. The number of rotatable bonds is 3. The first-order valence-corrected chi connectivity index (χ1v) is 7.09. The monoisotopic (exact) mass is 285 g/mol. The van der Waals surface area contributed by atoms with E-state index in [1.54, 1.807) is 24.3 Å². The molecule has 0 saturated heterocycles. The molecule has 1 aromatic carbocycles. The molecule has 1 aliphatic carbocycles. The summed E-state index contributed by atoms with van der Waals surface area (Å²) >= 11 is 0. The average molecular weight is 285 g/mol. The van der Waals surface area contributed by atoms with Gasteiger partial charge in [0.25, 0.3) is 5.91 Å². The van der Waals surface area contributed by atoms with E-state index < -0.39 is 0 Å². The third kappa shape index (κ3) is 3.85. The Morgan fingerprint density at radius 3 is 2.33 bits per heavy atom. The van der Waals surface area contributed by atoms with Crippen LogP contribution in [0.1, 0.15) is 41.6 Å². The van der Waals surface area contributed by atoms with Crippen molar-refractivity contribution < 1.29 is 14.3 Å². The number of terminal acetylenes is 1. The van der Waals surface area contributed by atoms with Crippen LogP contribution in [0.5, 0.6) is 0 Å². The number of amides is 1. The van der Waals surface area contributed by atoms with Crippen molar-refractivity contribution in [1.29, 1.82) is 0 Å². The maximum atomic E-state index is 12.1. The molecule has 1 fully saturated rings. The SMILES string of the molecule is C#Cc1ccc(C(=O)NC2CCC(C(=O)OC)CC2)cc1. The van der Waals surface area contributed by atoms with Crippen LogP contribution in [0.25, 0.3) is 0 Å². The quantitative estimate of drug-likeness (QED) is 0.683. The van der Waals surface area contributed by atoms with Crippen molar-refractivity contribution in [3.05, 3.63) is 35.4 Å². The van der Waals surface area contributed by atoms with Crippen LogP contribution in [0.15, 0.2) is 24.3 Å². The van der Waals surface area contributed by atoms with E-state index in [1.807, 2.05) is 0 Å². The van der Waals surface area contributed by atoms with Crippen LogP contribution in [-0.2, 0) is 9.53 Å². The van der Waals surface area contributed by atoms with Gasteiger partial charge in [-0.2, -0.15) is 0 Å². The molecule has 1 aromatic rings. The van der Waals surface area contributed by atoms with Gasteiger partial charge in [-0.3, -0.25) is 9.59 Å². The maximum Gasteiger partial charge on any atom is 0.308 e. The van der Waals surface area contributed by atoms with Crippen LogP contribution >= 0.6 is 0 Å². The third-order valence-electron chi connectivity index (χ3n) is 3.91. The smallest absolute Gasteiger partial charge is 0.308 e. The lowest BCUT2D eigenvalue weighted by Gasteiger charge is -2.27. The summed E-state index contributed by atoms with van der Waals surface area (Å²) in [5, 5.41) is 3.01. The highest BCUT2D eigenvalue weighted by molar-refractivity contribution is 5.94. The molecule has 0 aromatic heterocycles. The molecule has 1 aliphatic rings. The molecule has 4 heteroatoms. The van der Waals surface area contributed by atoms with E-state index >= 15 is 0 Å². The minimum atomic E-state index is -0.148. The minimum Gasteiger partial charge on any atom is -0.469 e. The molecule has 1 amide bonds. The van der Waals surface area contributed by atoms with Crippen LogP contribution in [-0.4, -0.2) is 25.0 Å². The van der Waals surface area contributed by atoms with Crippen molar-refractivity contribution in [2.24, 2.45) is 5.92 Å². The molecule has 2 rings (SSSR count). The molecule has 0 heterocycles. The van der Waals surface area contributed by atoms with Crippen LogP contribution in [0.4, 0.5) is 0 Å². The summed E-state index contributed by atoms with van der Waals surface area (Å²) in [6.07, 6.45) is 8.40. The summed E-state index contributed by atoms with van der Waals surface area (Å²) in [5.74, 6) is 2.24. The normalized spacial score (nSPS) is 21.1. The average Bonchev–Trinajstić information content (AvgIpc) is 2.55. The minimum absolute atomic E-state index is 0.0296. The predicted molar refractivity (Wildman–Crippen MR) is 79.6 cm³/mol. The van der Waals surface area contributed by atoms with Crippen molar-refractivity contribution in [2.45, 2.75) is 31.7 Å². The third-order valence-corrected chi connectivity index (χ3v) is 3.91. The lowest BCUT2D eigenvalue weighted by molar-refractivity contribution is -0.146. The molecule has 1 N–H and O–H groups in total. The van der Waals surface area contributed by atoms with E-state index in [-0.39, 0.29) is 23.8 Å². The summed E-state index contributed by atoms with van der Waals surface area (Å²) in [6.45, 7) is 0. The maximum absolute atomic E-state index is 12.1. The Morgan fingerprint density at radius 2 is 1.81 bits per heavy atom. The number of esters is 1. The van der Waals surface area contributed by atoms with Crippen molar-refractivity contribution in [1.82, 2.24) is 5.32 Å². The highest BCUT2D eigenvalue weighted by Gasteiger charge is 2.27. The fourth-order valence-corrected chi connectivity index (χ4v) is 2.63. The fraction of sp³-hybridized carbons (Fsp3) is 0.412. The first-order chi connectivity index (χ1) is 10.1. The second kappa shape index (κ2) is 6.94. The molecular weight excluding hydrogens is 266 g/mol. The Labute approximate surface area is 124 Å². The van der Waals surface area contributed by atoms with Crippen molar-refractivity contribution in [2.75, 3.05) is 7.11 Å². The number of carbonyl (C=O) groups excluding carboxylic acids is 2. The predicted octanol–water partition coefficient (Wildman–Crippen LogP) is 2.13. The second-order valence-corrected chi connectivity index (χ2v) is 5.27. The van der Waals surface area contributed by atoms with E-state index in [9.17, 15) is 9.59 Å². The molecule has 0 aliphatic heterocycles.